The van der Waals surface area contributed by atoms with Crippen molar-refractivity contribution in [3.05, 3.63) is 77.6 Å². The van der Waals surface area contributed by atoms with E-state index in [0.717, 1.165) is 22.4 Å². The maximum absolute atomic E-state index is 14.3. The van der Waals surface area contributed by atoms with Crippen molar-refractivity contribution in [1.82, 2.24) is 0 Å². The van der Waals surface area contributed by atoms with E-state index >= 15 is 0 Å². The first-order valence-corrected chi connectivity index (χ1v) is 8.45. The number of ether oxygens (including phenoxy) is 2. The van der Waals surface area contributed by atoms with Gasteiger partial charge in [-0.1, -0.05) is 24.3 Å². The van der Waals surface area contributed by atoms with Gasteiger partial charge < -0.3 is 14.8 Å². The van der Waals surface area contributed by atoms with Crippen LogP contribution in [-0.4, -0.2) is 14.2 Å². The smallest absolute Gasteiger partial charge is 0.131 e. The van der Waals surface area contributed by atoms with Crippen LogP contribution in [0.1, 0.15) is 11.1 Å². The molecule has 4 heteroatoms. The zero-order valence-electron chi connectivity index (χ0n) is 15.2. The summed E-state index contributed by atoms with van der Waals surface area (Å²) in [5.74, 6) is 1.01. The molecule has 0 aromatic heterocycles. The fourth-order valence-corrected chi connectivity index (χ4v) is 2.89. The van der Waals surface area contributed by atoms with Crippen LogP contribution in [0, 0.1) is 12.7 Å². The molecule has 0 aliphatic heterocycles. The van der Waals surface area contributed by atoms with Crippen molar-refractivity contribution in [2.24, 2.45) is 0 Å². The van der Waals surface area contributed by atoms with Gasteiger partial charge in [0, 0.05) is 23.9 Å². The van der Waals surface area contributed by atoms with Gasteiger partial charge in [0.15, 0.2) is 0 Å². The van der Waals surface area contributed by atoms with E-state index < -0.39 is 0 Å². The maximum atomic E-state index is 14.3. The van der Waals surface area contributed by atoms with Crippen molar-refractivity contribution >= 4 is 5.69 Å². The van der Waals surface area contributed by atoms with Gasteiger partial charge in [0.1, 0.15) is 23.9 Å². The Kier molecular flexibility index (Phi) is 5.42. The van der Waals surface area contributed by atoms with Gasteiger partial charge in [0.2, 0.25) is 0 Å². The first kappa shape index (κ1) is 17.8. The number of halogens is 1. The van der Waals surface area contributed by atoms with Crippen LogP contribution >= 0.6 is 0 Å². The number of methoxy groups -OCH3 is 1. The van der Waals surface area contributed by atoms with Crippen LogP contribution in [0.5, 0.6) is 11.5 Å². The summed E-state index contributed by atoms with van der Waals surface area (Å²) in [7, 11) is 3.48. The molecule has 3 rings (SSSR count). The Morgan fingerprint density at radius 2 is 1.77 bits per heavy atom. The lowest BCUT2D eigenvalue weighted by Gasteiger charge is -2.14. The summed E-state index contributed by atoms with van der Waals surface area (Å²) in [5, 5.41) is 3.18. The molecule has 0 heterocycles. The van der Waals surface area contributed by atoms with Crippen LogP contribution in [0.2, 0.25) is 0 Å². The van der Waals surface area contributed by atoms with Crippen molar-refractivity contribution < 1.29 is 13.9 Å². The Balaban J connectivity index is 1.86. The first-order chi connectivity index (χ1) is 12.6. The molecule has 0 spiro atoms. The van der Waals surface area contributed by atoms with Crippen molar-refractivity contribution in [2.45, 2.75) is 13.5 Å². The van der Waals surface area contributed by atoms with Crippen molar-refractivity contribution in [1.29, 1.82) is 0 Å². The van der Waals surface area contributed by atoms with Crippen LogP contribution < -0.4 is 14.8 Å². The molecule has 0 bridgehead atoms. The average molecular weight is 351 g/mol. The van der Waals surface area contributed by atoms with E-state index in [-0.39, 0.29) is 5.82 Å². The normalized spacial score (nSPS) is 10.5. The largest absolute Gasteiger partial charge is 0.497 e. The molecule has 0 aliphatic carbocycles. The zero-order valence-corrected chi connectivity index (χ0v) is 15.2. The van der Waals surface area contributed by atoms with Gasteiger partial charge in [-0.2, -0.15) is 0 Å². The van der Waals surface area contributed by atoms with Crippen LogP contribution in [0.15, 0.2) is 60.7 Å². The van der Waals surface area contributed by atoms with Gasteiger partial charge in [-0.05, 0) is 54.4 Å². The molecule has 0 saturated carbocycles. The molecule has 3 aromatic carbocycles. The number of anilines is 1. The van der Waals surface area contributed by atoms with Crippen LogP contribution in [0.4, 0.5) is 10.1 Å². The number of aryl methyl sites for hydroxylation is 1. The number of rotatable bonds is 6. The van der Waals surface area contributed by atoms with E-state index in [9.17, 15) is 4.39 Å². The molecular formula is C22H22FNO2. The molecule has 1 N–H and O–H groups in total. The Bertz CT molecular complexity index is 908. The number of nitrogens with one attached hydrogen (secondary N) is 1. The Morgan fingerprint density at radius 1 is 0.962 bits per heavy atom. The second-order valence-electron chi connectivity index (χ2n) is 6.01. The molecule has 0 aliphatic rings. The Morgan fingerprint density at radius 3 is 2.54 bits per heavy atom. The third-order valence-electron chi connectivity index (χ3n) is 4.38. The van der Waals surface area contributed by atoms with E-state index in [1.807, 2.05) is 56.4 Å². The quantitative estimate of drug-likeness (QED) is 0.642. The fraction of sp³-hybridized carbons (Fsp3) is 0.182. The molecular weight excluding hydrogens is 329 g/mol. The third-order valence-corrected chi connectivity index (χ3v) is 4.38. The molecule has 0 amide bonds. The average Bonchev–Trinajstić information content (AvgIpc) is 2.68. The summed E-state index contributed by atoms with van der Waals surface area (Å²) in [6.07, 6.45) is 0. The highest BCUT2D eigenvalue weighted by Gasteiger charge is 2.10. The second kappa shape index (κ2) is 7.91. The molecule has 3 nitrogen and oxygen atoms in total. The molecule has 134 valence electrons. The zero-order chi connectivity index (χ0) is 18.5. The van der Waals surface area contributed by atoms with Gasteiger partial charge >= 0.3 is 0 Å². The monoisotopic (exact) mass is 351 g/mol. The molecule has 0 fully saturated rings. The highest BCUT2D eigenvalue weighted by Crippen LogP contribution is 2.30. The lowest BCUT2D eigenvalue weighted by molar-refractivity contribution is 0.306. The van der Waals surface area contributed by atoms with Gasteiger partial charge in [0.05, 0.1) is 7.11 Å². The Labute approximate surface area is 153 Å². The maximum Gasteiger partial charge on any atom is 0.131 e. The summed E-state index contributed by atoms with van der Waals surface area (Å²) >= 11 is 0. The molecule has 0 saturated heterocycles. The lowest BCUT2D eigenvalue weighted by atomic mass is 10.0. The van der Waals surface area contributed by atoms with Crippen molar-refractivity contribution in [3.63, 3.8) is 0 Å². The molecule has 26 heavy (non-hydrogen) atoms. The highest BCUT2D eigenvalue weighted by atomic mass is 19.1. The van der Waals surface area contributed by atoms with Gasteiger partial charge in [-0.25, -0.2) is 4.39 Å². The topological polar surface area (TPSA) is 30.5 Å². The molecule has 3 aromatic rings. The molecule has 0 atom stereocenters. The lowest BCUT2D eigenvalue weighted by Crippen LogP contribution is -2.03. The summed E-state index contributed by atoms with van der Waals surface area (Å²) < 4.78 is 25.5. The highest BCUT2D eigenvalue weighted by molar-refractivity contribution is 5.67. The second-order valence-corrected chi connectivity index (χ2v) is 6.01. The van der Waals surface area contributed by atoms with Crippen molar-refractivity contribution in [2.75, 3.05) is 19.5 Å². The number of hydrogen-bond acceptors (Lipinski definition) is 3. The standard InChI is InChI=1S/C22H22FNO2/c1-15-6-4-9-22(24-2)20(15)14-26-18-10-11-21(23)19(13-18)16-7-5-8-17(12-16)25-3/h4-13,24H,14H2,1-3H3. The third kappa shape index (κ3) is 3.80. The van der Waals surface area contributed by atoms with Crippen LogP contribution in [-0.2, 0) is 6.61 Å². The summed E-state index contributed by atoms with van der Waals surface area (Å²) in [5.41, 5.74) is 4.49. The SMILES string of the molecule is CNc1cccc(C)c1COc1ccc(F)c(-c2cccc(OC)c2)c1. The summed E-state index contributed by atoms with van der Waals surface area (Å²) in [4.78, 5) is 0. The van der Waals surface area contributed by atoms with Crippen LogP contribution in [0.3, 0.4) is 0 Å². The van der Waals surface area contributed by atoms with Gasteiger partial charge in [-0.15, -0.1) is 0 Å². The predicted molar refractivity (Wildman–Crippen MR) is 103 cm³/mol. The predicted octanol–water partition coefficient (Wildman–Crippen LogP) is 5.43. The number of benzene rings is 3. The van der Waals surface area contributed by atoms with Gasteiger partial charge in [0.25, 0.3) is 0 Å². The van der Waals surface area contributed by atoms with E-state index in [4.69, 9.17) is 9.47 Å². The van der Waals surface area contributed by atoms with Crippen molar-refractivity contribution in [3.8, 4) is 22.6 Å². The Hall–Kier alpha value is -3.01. The minimum atomic E-state index is -0.294. The molecule has 0 unspecified atom stereocenters. The number of hydrogen-bond donors (Lipinski definition) is 1. The minimum absolute atomic E-state index is 0.294. The van der Waals surface area contributed by atoms with E-state index in [2.05, 4.69) is 5.32 Å². The minimum Gasteiger partial charge on any atom is -0.497 e. The summed E-state index contributed by atoms with van der Waals surface area (Å²) in [6.45, 7) is 2.46. The first-order valence-electron chi connectivity index (χ1n) is 8.45. The molecule has 0 radical (unpaired) electrons. The van der Waals surface area contributed by atoms with Gasteiger partial charge in [-0.3, -0.25) is 0 Å². The summed E-state index contributed by atoms with van der Waals surface area (Å²) in [6, 6.07) is 18.2. The van der Waals surface area contributed by atoms with E-state index in [0.29, 0.717) is 23.7 Å². The van der Waals surface area contributed by atoms with E-state index in [1.165, 1.54) is 6.07 Å². The van der Waals surface area contributed by atoms with E-state index in [1.54, 1.807) is 19.2 Å². The van der Waals surface area contributed by atoms with Crippen LogP contribution in [0.25, 0.3) is 11.1 Å². The fourth-order valence-electron chi connectivity index (χ4n) is 2.89.